The van der Waals surface area contributed by atoms with E-state index in [1.807, 2.05) is 0 Å². The van der Waals surface area contributed by atoms with E-state index in [0.29, 0.717) is 0 Å². The van der Waals surface area contributed by atoms with Crippen molar-refractivity contribution >= 4 is 5.91 Å². The Morgan fingerprint density at radius 3 is 2.40 bits per heavy atom. The second-order valence-corrected chi connectivity index (χ2v) is 3.99. The van der Waals surface area contributed by atoms with Gasteiger partial charge in [-0.05, 0) is 30.3 Å². The summed E-state index contributed by atoms with van der Waals surface area (Å²) in [5, 5.41) is 0. The quantitative estimate of drug-likeness (QED) is 0.934. The first kappa shape index (κ1) is 13.9. The van der Waals surface area contributed by atoms with Gasteiger partial charge in [0.1, 0.15) is 11.5 Å². The molecule has 0 aliphatic heterocycles. The maximum absolute atomic E-state index is 12.8. The minimum atomic E-state index is -4.52. The maximum atomic E-state index is 12.8. The molecular formula is C14H10F3NO2. The highest BCUT2D eigenvalue weighted by Crippen LogP contribution is 2.37. The molecule has 0 aliphatic carbocycles. The van der Waals surface area contributed by atoms with E-state index >= 15 is 0 Å². The van der Waals surface area contributed by atoms with Gasteiger partial charge in [-0.25, -0.2) is 0 Å². The molecule has 3 nitrogen and oxygen atoms in total. The lowest BCUT2D eigenvalue weighted by Gasteiger charge is -2.13. The van der Waals surface area contributed by atoms with Crippen LogP contribution in [0, 0.1) is 0 Å². The van der Waals surface area contributed by atoms with Gasteiger partial charge in [0.25, 0.3) is 0 Å². The second-order valence-electron chi connectivity index (χ2n) is 3.99. The smallest absolute Gasteiger partial charge is 0.419 e. The van der Waals surface area contributed by atoms with Crippen molar-refractivity contribution in [3.05, 3.63) is 59.7 Å². The van der Waals surface area contributed by atoms with E-state index in [1.165, 1.54) is 42.5 Å². The van der Waals surface area contributed by atoms with Crippen molar-refractivity contribution in [3.63, 3.8) is 0 Å². The van der Waals surface area contributed by atoms with Gasteiger partial charge in [-0.2, -0.15) is 13.2 Å². The van der Waals surface area contributed by atoms with Crippen LogP contribution in [0.1, 0.15) is 15.9 Å². The Morgan fingerprint density at radius 1 is 1.05 bits per heavy atom. The highest BCUT2D eigenvalue weighted by Gasteiger charge is 2.34. The number of ether oxygens (including phenoxy) is 1. The van der Waals surface area contributed by atoms with Crippen LogP contribution < -0.4 is 10.5 Å². The van der Waals surface area contributed by atoms with Gasteiger partial charge in [-0.1, -0.05) is 18.2 Å². The van der Waals surface area contributed by atoms with Crippen molar-refractivity contribution in [2.45, 2.75) is 6.18 Å². The summed E-state index contributed by atoms with van der Waals surface area (Å²) in [5.41, 5.74) is 4.38. The third-order valence-corrected chi connectivity index (χ3v) is 2.54. The summed E-state index contributed by atoms with van der Waals surface area (Å²) in [5.74, 6) is -0.904. The molecule has 6 heteroatoms. The van der Waals surface area contributed by atoms with Gasteiger partial charge in [0.15, 0.2) is 0 Å². The maximum Gasteiger partial charge on any atom is 0.419 e. The number of alkyl halides is 3. The van der Waals surface area contributed by atoms with Gasteiger partial charge >= 0.3 is 6.18 Å². The average molecular weight is 281 g/mol. The van der Waals surface area contributed by atoms with Gasteiger partial charge in [0.05, 0.1) is 5.56 Å². The Kier molecular flexibility index (Phi) is 3.65. The number of benzene rings is 2. The summed E-state index contributed by atoms with van der Waals surface area (Å²) in [7, 11) is 0. The predicted octanol–water partition coefficient (Wildman–Crippen LogP) is 3.60. The number of primary amides is 1. The first-order valence-electron chi connectivity index (χ1n) is 5.62. The highest BCUT2D eigenvalue weighted by atomic mass is 19.4. The number of hydrogen-bond acceptors (Lipinski definition) is 2. The number of para-hydroxylation sites is 1. The molecule has 0 bridgehead atoms. The van der Waals surface area contributed by atoms with Crippen molar-refractivity contribution in [2.24, 2.45) is 5.73 Å². The van der Waals surface area contributed by atoms with Crippen LogP contribution in [0.4, 0.5) is 13.2 Å². The lowest BCUT2D eigenvalue weighted by Crippen LogP contribution is -2.10. The molecule has 2 N–H and O–H groups in total. The lowest BCUT2D eigenvalue weighted by molar-refractivity contribution is -0.138. The molecule has 0 aliphatic rings. The molecule has 104 valence electrons. The van der Waals surface area contributed by atoms with Crippen LogP contribution in [-0.2, 0) is 6.18 Å². The summed E-state index contributed by atoms with van der Waals surface area (Å²) in [4.78, 5) is 11.0. The average Bonchev–Trinajstić information content (AvgIpc) is 2.38. The second kappa shape index (κ2) is 5.24. The van der Waals surface area contributed by atoms with Crippen LogP contribution in [0.3, 0.4) is 0 Å². The summed E-state index contributed by atoms with van der Waals surface area (Å²) < 4.78 is 43.6. The lowest BCUT2D eigenvalue weighted by atomic mass is 10.2. The number of rotatable bonds is 3. The number of carbonyl (C=O) groups is 1. The normalized spacial score (nSPS) is 11.2. The molecule has 2 aromatic rings. The van der Waals surface area contributed by atoms with Crippen molar-refractivity contribution in [3.8, 4) is 11.5 Å². The summed E-state index contributed by atoms with van der Waals surface area (Å²) in [6.07, 6.45) is -4.52. The van der Waals surface area contributed by atoms with E-state index in [-0.39, 0.29) is 17.1 Å². The first-order chi connectivity index (χ1) is 9.38. The van der Waals surface area contributed by atoms with Crippen LogP contribution in [0.2, 0.25) is 0 Å². The molecule has 20 heavy (non-hydrogen) atoms. The molecule has 2 aromatic carbocycles. The zero-order valence-electron chi connectivity index (χ0n) is 10.1. The molecule has 0 saturated carbocycles. The molecular weight excluding hydrogens is 271 g/mol. The Hall–Kier alpha value is -2.50. The molecule has 0 fully saturated rings. The molecule has 2 rings (SSSR count). The Labute approximate surface area is 112 Å². The Balaban J connectivity index is 2.36. The molecule has 0 radical (unpaired) electrons. The van der Waals surface area contributed by atoms with Gasteiger partial charge in [-0.15, -0.1) is 0 Å². The van der Waals surface area contributed by atoms with Gasteiger partial charge in [0, 0.05) is 5.56 Å². The summed E-state index contributed by atoms with van der Waals surface area (Å²) in [6.45, 7) is 0. The summed E-state index contributed by atoms with van der Waals surface area (Å²) in [6, 6.07) is 10.5. The number of nitrogens with two attached hydrogens (primary N) is 1. The minimum absolute atomic E-state index is 0.109. The van der Waals surface area contributed by atoms with E-state index in [2.05, 4.69) is 0 Å². The monoisotopic (exact) mass is 281 g/mol. The molecule has 0 aromatic heterocycles. The molecule has 0 heterocycles. The third-order valence-electron chi connectivity index (χ3n) is 2.54. The predicted molar refractivity (Wildman–Crippen MR) is 66.5 cm³/mol. The van der Waals surface area contributed by atoms with E-state index in [0.717, 1.165) is 6.07 Å². The molecule has 0 atom stereocenters. The zero-order chi connectivity index (χ0) is 14.8. The standard InChI is InChI=1S/C14H10F3NO2/c15-14(16,17)11-6-1-2-7-12(11)20-10-5-3-4-9(8-10)13(18)19/h1-8H,(H2,18,19). The topological polar surface area (TPSA) is 52.3 Å². The number of amides is 1. The molecule has 0 spiro atoms. The third kappa shape index (κ3) is 3.09. The fraction of sp³-hybridized carbons (Fsp3) is 0.0714. The molecule has 1 amide bonds. The zero-order valence-corrected chi connectivity index (χ0v) is 10.1. The minimum Gasteiger partial charge on any atom is -0.457 e. The largest absolute Gasteiger partial charge is 0.457 e. The Morgan fingerprint density at radius 2 is 1.75 bits per heavy atom. The van der Waals surface area contributed by atoms with E-state index in [4.69, 9.17) is 10.5 Å². The number of halogens is 3. The van der Waals surface area contributed by atoms with Crippen LogP contribution >= 0.6 is 0 Å². The van der Waals surface area contributed by atoms with E-state index in [1.54, 1.807) is 0 Å². The fourth-order valence-electron chi connectivity index (χ4n) is 1.63. The van der Waals surface area contributed by atoms with Crippen molar-refractivity contribution in [1.29, 1.82) is 0 Å². The number of hydrogen-bond donors (Lipinski definition) is 1. The van der Waals surface area contributed by atoms with E-state index in [9.17, 15) is 18.0 Å². The van der Waals surface area contributed by atoms with Crippen molar-refractivity contribution in [2.75, 3.05) is 0 Å². The molecule has 0 unspecified atom stereocenters. The van der Waals surface area contributed by atoms with Crippen LogP contribution in [0.15, 0.2) is 48.5 Å². The van der Waals surface area contributed by atoms with E-state index < -0.39 is 17.6 Å². The van der Waals surface area contributed by atoms with Crippen molar-refractivity contribution < 1.29 is 22.7 Å². The van der Waals surface area contributed by atoms with Crippen molar-refractivity contribution in [1.82, 2.24) is 0 Å². The SMILES string of the molecule is NC(=O)c1cccc(Oc2ccccc2C(F)(F)F)c1. The first-order valence-corrected chi connectivity index (χ1v) is 5.62. The Bertz CT molecular complexity index is 638. The highest BCUT2D eigenvalue weighted by molar-refractivity contribution is 5.93. The number of carbonyl (C=O) groups excluding carboxylic acids is 1. The molecule has 0 saturated heterocycles. The van der Waals surface area contributed by atoms with Gasteiger partial charge < -0.3 is 10.5 Å². The van der Waals surface area contributed by atoms with Gasteiger partial charge in [-0.3, -0.25) is 4.79 Å². The van der Waals surface area contributed by atoms with Crippen LogP contribution in [0.25, 0.3) is 0 Å². The van der Waals surface area contributed by atoms with Crippen LogP contribution in [-0.4, -0.2) is 5.91 Å². The van der Waals surface area contributed by atoms with Crippen LogP contribution in [0.5, 0.6) is 11.5 Å². The fourth-order valence-corrected chi connectivity index (χ4v) is 1.63. The van der Waals surface area contributed by atoms with Gasteiger partial charge in [0.2, 0.25) is 5.91 Å². The summed E-state index contributed by atoms with van der Waals surface area (Å²) >= 11 is 0.